The Morgan fingerprint density at radius 3 is 1.40 bits per heavy atom. The number of halogens is 2. The fourth-order valence-corrected chi connectivity index (χ4v) is 0.700. The van der Waals surface area contributed by atoms with Gasteiger partial charge in [0.25, 0.3) is 0 Å². The van der Waals surface area contributed by atoms with Crippen molar-refractivity contribution in [2.45, 2.75) is 29.6 Å². The van der Waals surface area contributed by atoms with Gasteiger partial charge in [0, 0.05) is 5.38 Å². The molecule has 0 spiro atoms. The molecule has 0 nitrogen and oxygen atoms in total. The fourth-order valence-electron chi connectivity index (χ4n) is 0.233. The number of thiophene rings is 1. The predicted molar refractivity (Wildman–Crippen MR) is 72.6 cm³/mol. The second-order valence-electron chi connectivity index (χ2n) is 4.46. The molecule has 0 fully saturated rings. The Balaban J connectivity index is 0. The van der Waals surface area contributed by atoms with Crippen LogP contribution in [0.2, 0.25) is 29.6 Å². The monoisotopic (exact) mass is 451 g/mol. The molecular weight excluding hydrogens is 428 g/mol. The van der Waals surface area contributed by atoms with Gasteiger partial charge in [-0.05, 0) is 0 Å². The zero-order valence-corrected chi connectivity index (χ0v) is 17.8. The van der Waals surface area contributed by atoms with Crippen LogP contribution in [-0.4, -0.2) is 39.5 Å². The molecule has 0 atom stereocenters. The molecule has 0 aliphatic heterocycles. The molecule has 1 aromatic rings. The van der Waals surface area contributed by atoms with Crippen molar-refractivity contribution in [2.24, 2.45) is 0 Å². The predicted octanol–water partition coefficient (Wildman–Crippen LogP) is 4.03. The van der Waals surface area contributed by atoms with Gasteiger partial charge in [-0.25, -0.2) is 8.78 Å². The first-order valence-corrected chi connectivity index (χ1v) is 25.7. The van der Waals surface area contributed by atoms with Crippen LogP contribution in [-0.2, 0) is 0 Å². The topological polar surface area (TPSA) is 0 Å². The van der Waals surface area contributed by atoms with E-state index in [2.05, 4.69) is 35.0 Å². The summed E-state index contributed by atoms with van der Waals surface area (Å²) in [7, 11) is 0. The maximum atomic E-state index is 11.7. The van der Waals surface area contributed by atoms with Crippen LogP contribution >= 0.6 is 11.3 Å². The van der Waals surface area contributed by atoms with Gasteiger partial charge in [-0.2, -0.15) is 0 Å². The van der Waals surface area contributed by atoms with Crippen LogP contribution in [0.5, 0.6) is 0 Å². The summed E-state index contributed by atoms with van der Waals surface area (Å²) in [6, 6.07) is 0. The molecule has 5 heteroatoms. The van der Waals surface area contributed by atoms with E-state index < -0.39 is 51.2 Å². The summed E-state index contributed by atoms with van der Waals surface area (Å²) in [4.78, 5) is 14.3. The molecule has 0 unspecified atom stereocenters. The molecule has 0 saturated carbocycles. The van der Waals surface area contributed by atoms with E-state index in [9.17, 15) is 8.78 Å². The Morgan fingerprint density at radius 1 is 1.00 bits per heavy atom. The van der Waals surface area contributed by atoms with Crippen molar-refractivity contribution in [3.63, 3.8) is 0 Å². The van der Waals surface area contributed by atoms with Crippen LogP contribution < -0.4 is 0 Å². The van der Waals surface area contributed by atoms with E-state index in [1.807, 2.05) is 0 Å². The van der Waals surface area contributed by atoms with Crippen molar-refractivity contribution in [3.05, 3.63) is 22.4 Å². The summed E-state index contributed by atoms with van der Waals surface area (Å²) in [5.74, 6) is -1.70. The summed E-state index contributed by atoms with van der Waals surface area (Å²) in [5.41, 5.74) is 0. The van der Waals surface area contributed by atoms with Crippen molar-refractivity contribution in [1.29, 1.82) is 0 Å². The zero-order chi connectivity index (χ0) is 12.4. The SMILES string of the molecule is Fc1[c]scc1F.[CH3][SnH]([CH3])[CH3].[CH3][SnH]([CH3])[CH3]. The molecule has 0 amide bonds. The third-order valence-corrected chi connectivity index (χ3v) is 1.14. The average Bonchev–Trinajstić information content (AvgIpc) is 2.33. The molecule has 0 aliphatic carbocycles. The molecule has 0 aliphatic rings. The van der Waals surface area contributed by atoms with Crippen molar-refractivity contribution >= 4 is 50.9 Å². The Bertz CT molecular complexity index is 209. The third-order valence-electron chi connectivity index (χ3n) is 0.521. The average molecular weight is 449 g/mol. The van der Waals surface area contributed by atoms with Crippen LogP contribution in [0.1, 0.15) is 0 Å². The minimum atomic E-state index is -0.884. The Hall–Kier alpha value is 1.16. The molecule has 89 valence electrons. The van der Waals surface area contributed by atoms with Crippen LogP contribution in [0, 0.1) is 17.0 Å². The Labute approximate surface area is 111 Å². The van der Waals surface area contributed by atoms with E-state index >= 15 is 0 Å². The summed E-state index contributed by atoms with van der Waals surface area (Å²) >= 11 is -0.382. The van der Waals surface area contributed by atoms with Crippen LogP contribution in [0.3, 0.4) is 0 Å². The molecule has 1 heterocycles. The summed E-state index contributed by atoms with van der Waals surface area (Å²) < 4.78 is 23.3. The second-order valence-corrected chi connectivity index (χ2v) is 24.9. The fraction of sp³-hybridized carbons (Fsp3) is 0.600. The molecule has 1 aromatic heterocycles. The van der Waals surface area contributed by atoms with E-state index in [-0.39, 0.29) is 0 Å². The van der Waals surface area contributed by atoms with Gasteiger partial charge in [-0.3, -0.25) is 0 Å². The molecule has 0 bridgehead atoms. The second kappa shape index (κ2) is 11.6. The molecule has 0 aromatic carbocycles. The quantitative estimate of drug-likeness (QED) is 0.526. The zero-order valence-electron chi connectivity index (χ0n) is 10.4. The Morgan fingerprint density at radius 2 is 1.33 bits per heavy atom. The van der Waals surface area contributed by atoms with E-state index in [1.165, 1.54) is 0 Å². The molecule has 0 saturated heterocycles. The van der Waals surface area contributed by atoms with Gasteiger partial charge in [0.1, 0.15) is 0 Å². The first kappa shape index (κ1) is 18.5. The first-order valence-electron chi connectivity index (χ1n) is 5.07. The molecule has 1 rings (SSSR count). The van der Waals surface area contributed by atoms with Gasteiger partial charge in [0.05, 0.1) is 5.38 Å². The molecule has 15 heavy (non-hydrogen) atoms. The van der Waals surface area contributed by atoms with Crippen LogP contribution in [0.4, 0.5) is 8.78 Å². The van der Waals surface area contributed by atoms with E-state index in [1.54, 1.807) is 0 Å². The van der Waals surface area contributed by atoms with Gasteiger partial charge in [0.15, 0.2) is 11.6 Å². The molecule has 0 N–H and O–H groups in total. The minimum absolute atomic E-state index is 0.637. The Kier molecular flexibility index (Phi) is 14.4. The van der Waals surface area contributed by atoms with Gasteiger partial charge in [-0.15, -0.1) is 11.3 Å². The van der Waals surface area contributed by atoms with Gasteiger partial charge in [0.2, 0.25) is 0 Å². The normalized spacial score (nSPS) is 9.20. The number of hydrogen-bond acceptors (Lipinski definition) is 1. The molecular formula is C10H21F2SSn2. The third kappa shape index (κ3) is 21.1. The van der Waals surface area contributed by atoms with Gasteiger partial charge < -0.3 is 0 Å². The van der Waals surface area contributed by atoms with Crippen molar-refractivity contribution in [3.8, 4) is 0 Å². The van der Waals surface area contributed by atoms with Crippen molar-refractivity contribution < 1.29 is 8.78 Å². The van der Waals surface area contributed by atoms with Gasteiger partial charge in [-0.1, -0.05) is 0 Å². The van der Waals surface area contributed by atoms with E-state index in [0.717, 1.165) is 16.7 Å². The van der Waals surface area contributed by atoms with E-state index in [4.69, 9.17) is 0 Å². The first-order chi connectivity index (χ1) is 6.77. The van der Waals surface area contributed by atoms with E-state index in [0.29, 0.717) is 0 Å². The standard InChI is InChI=1S/C4HF2S.6CH3.2Sn.2H/c5-3-1-7-2-4(3)6;;;;;;;;;;/h1H;6*1H3;;;;. The maximum absolute atomic E-state index is 11.7. The number of hydrogen-bond donors (Lipinski definition) is 0. The van der Waals surface area contributed by atoms with Crippen LogP contribution in [0.25, 0.3) is 0 Å². The molecule has 1 radical (unpaired) electrons. The van der Waals surface area contributed by atoms with Crippen molar-refractivity contribution in [2.75, 3.05) is 0 Å². The van der Waals surface area contributed by atoms with Gasteiger partial charge >= 0.3 is 69.2 Å². The summed E-state index contributed by atoms with van der Waals surface area (Å²) in [6.07, 6.45) is 0. The van der Waals surface area contributed by atoms with Crippen LogP contribution in [0.15, 0.2) is 5.38 Å². The van der Waals surface area contributed by atoms with Crippen molar-refractivity contribution in [1.82, 2.24) is 0 Å². The number of rotatable bonds is 0. The summed E-state index contributed by atoms with van der Waals surface area (Å²) in [5, 5.41) is 3.13. The summed E-state index contributed by atoms with van der Waals surface area (Å²) in [6.45, 7) is 0.